The van der Waals surface area contributed by atoms with Crippen molar-refractivity contribution in [1.29, 1.82) is 0 Å². The molecule has 1 aromatic carbocycles. The van der Waals surface area contributed by atoms with Crippen LogP contribution < -0.4 is 10.1 Å². The molecule has 1 aromatic rings. The Hall–Kier alpha value is -0.0600. The van der Waals surface area contributed by atoms with Gasteiger partial charge in [0.15, 0.2) is 0 Å². The predicted molar refractivity (Wildman–Crippen MR) is 79.6 cm³/mol. The maximum Gasteiger partial charge on any atom is 0.138 e. The summed E-state index contributed by atoms with van der Waals surface area (Å²) in [5.41, 5.74) is 1.19. The summed E-state index contributed by atoms with van der Waals surface area (Å²) < 4.78 is 7.87. The minimum Gasteiger partial charge on any atom is -0.492 e. The van der Waals surface area contributed by atoms with E-state index in [4.69, 9.17) is 4.74 Å². The van der Waals surface area contributed by atoms with E-state index in [-0.39, 0.29) is 0 Å². The molecule has 0 saturated carbocycles. The highest BCUT2D eigenvalue weighted by Gasteiger charge is 2.09. The Morgan fingerprint density at radius 1 is 1.18 bits per heavy atom. The highest BCUT2D eigenvalue weighted by Crippen LogP contribution is 2.33. The molecule has 0 saturated heterocycles. The molecule has 0 unspecified atom stereocenters. The van der Waals surface area contributed by atoms with Gasteiger partial charge in [0.25, 0.3) is 0 Å². The van der Waals surface area contributed by atoms with Crippen molar-refractivity contribution in [2.45, 2.75) is 33.2 Å². The Morgan fingerprint density at radius 2 is 1.94 bits per heavy atom. The van der Waals surface area contributed by atoms with Crippen LogP contribution in [0.4, 0.5) is 0 Å². The zero-order valence-corrected chi connectivity index (χ0v) is 13.5. The van der Waals surface area contributed by atoms with Gasteiger partial charge in [-0.3, -0.25) is 0 Å². The summed E-state index contributed by atoms with van der Waals surface area (Å²) in [6, 6.07) is 4.13. The average Bonchev–Trinajstić information content (AvgIpc) is 2.28. The van der Waals surface area contributed by atoms with Crippen molar-refractivity contribution in [2.24, 2.45) is 0 Å². The first-order chi connectivity index (χ1) is 8.19. The van der Waals surface area contributed by atoms with Gasteiger partial charge in [-0.25, -0.2) is 0 Å². The predicted octanol–water partition coefficient (Wildman–Crippen LogP) is 4.50. The van der Waals surface area contributed by atoms with Gasteiger partial charge in [0.05, 0.1) is 11.1 Å². The topological polar surface area (TPSA) is 21.3 Å². The number of nitrogens with one attached hydrogen (secondary N) is 1. The number of rotatable bonds is 7. The second-order valence-electron chi connectivity index (χ2n) is 3.90. The lowest BCUT2D eigenvalue weighted by atomic mass is 10.2. The molecule has 4 heteroatoms. The largest absolute Gasteiger partial charge is 0.492 e. The molecule has 0 fully saturated rings. The van der Waals surface area contributed by atoms with E-state index in [0.29, 0.717) is 0 Å². The summed E-state index contributed by atoms with van der Waals surface area (Å²) >= 11 is 7.07. The van der Waals surface area contributed by atoms with Gasteiger partial charge in [-0.05, 0) is 47.4 Å². The van der Waals surface area contributed by atoms with E-state index >= 15 is 0 Å². The van der Waals surface area contributed by atoms with Gasteiger partial charge in [-0.15, -0.1) is 0 Å². The van der Waals surface area contributed by atoms with Crippen LogP contribution in [0.25, 0.3) is 0 Å². The minimum absolute atomic E-state index is 0.751. The lowest BCUT2D eigenvalue weighted by molar-refractivity contribution is 0.311. The fraction of sp³-hybridized carbons (Fsp3) is 0.538. The van der Waals surface area contributed by atoms with Crippen LogP contribution in [0.2, 0.25) is 0 Å². The molecule has 0 aliphatic carbocycles. The van der Waals surface area contributed by atoms with Crippen LogP contribution in [0.5, 0.6) is 5.75 Å². The third-order valence-electron chi connectivity index (χ3n) is 2.28. The molecule has 0 radical (unpaired) electrons. The molecule has 0 heterocycles. The Balaban J connectivity index is 2.82. The molecular weight excluding hydrogens is 346 g/mol. The van der Waals surface area contributed by atoms with E-state index in [2.05, 4.69) is 57.1 Å². The van der Waals surface area contributed by atoms with E-state index in [9.17, 15) is 0 Å². The Morgan fingerprint density at radius 3 is 2.59 bits per heavy atom. The van der Waals surface area contributed by atoms with Crippen molar-refractivity contribution in [2.75, 3.05) is 13.2 Å². The molecule has 0 aromatic heterocycles. The van der Waals surface area contributed by atoms with Crippen molar-refractivity contribution in [3.05, 3.63) is 26.6 Å². The highest BCUT2D eigenvalue weighted by atomic mass is 79.9. The first kappa shape index (κ1) is 15.0. The van der Waals surface area contributed by atoms with Gasteiger partial charge < -0.3 is 10.1 Å². The third-order valence-corrected chi connectivity index (χ3v) is 3.32. The molecule has 0 aliphatic heterocycles. The number of benzene rings is 1. The molecular formula is C13H19Br2NO. The molecule has 0 atom stereocenters. The monoisotopic (exact) mass is 363 g/mol. The normalized spacial score (nSPS) is 10.6. The summed E-state index contributed by atoms with van der Waals surface area (Å²) in [5.74, 6) is 0.957. The molecule has 0 aliphatic rings. The molecule has 2 nitrogen and oxygen atoms in total. The molecule has 96 valence electrons. The standard InChI is InChI=1S/C13H19Br2NO/c1-3-5-16-9-10-7-11(14)8-12(15)13(10)17-6-4-2/h7-8,16H,3-6,9H2,1-2H3. The van der Waals surface area contributed by atoms with Gasteiger partial charge in [-0.1, -0.05) is 29.8 Å². The first-order valence-electron chi connectivity index (χ1n) is 6.00. The molecule has 0 bridgehead atoms. The average molecular weight is 365 g/mol. The van der Waals surface area contributed by atoms with Crippen LogP contribution in [0.15, 0.2) is 21.1 Å². The molecule has 1 N–H and O–H groups in total. The summed E-state index contributed by atoms with van der Waals surface area (Å²) in [4.78, 5) is 0. The van der Waals surface area contributed by atoms with Gasteiger partial charge in [0.1, 0.15) is 5.75 Å². The second kappa shape index (κ2) is 8.11. The highest BCUT2D eigenvalue weighted by molar-refractivity contribution is 9.11. The van der Waals surface area contributed by atoms with Crippen LogP contribution >= 0.6 is 31.9 Å². The summed E-state index contributed by atoms with van der Waals surface area (Å²) in [6.45, 7) is 6.89. The van der Waals surface area contributed by atoms with E-state index < -0.39 is 0 Å². The summed E-state index contributed by atoms with van der Waals surface area (Å²) in [6.07, 6.45) is 2.16. The number of hydrogen-bond acceptors (Lipinski definition) is 2. The third kappa shape index (κ3) is 4.98. The lowest BCUT2D eigenvalue weighted by Crippen LogP contribution is -2.15. The van der Waals surface area contributed by atoms with Crippen molar-refractivity contribution < 1.29 is 4.74 Å². The van der Waals surface area contributed by atoms with Crippen molar-refractivity contribution in [1.82, 2.24) is 5.32 Å². The summed E-state index contributed by atoms with van der Waals surface area (Å²) in [7, 11) is 0. The van der Waals surface area contributed by atoms with Crippen LogP contribution in [0.1, 0.15) is 32.3 Å². The van der Waals surface area contributed by atoms with Crippen molar-refractivity contribution >= 4 is 31.9 Å². The Kier molecular flexibility index (Phi) is 7.16. The molecule has 17 heavy (non-hydrogen) atoms. The van der Waals surface area contributed by atoms with Crippen LogP contribution in [0, 0.1) is 0 Å². The van der Waals surface area contributed by atoms with E-state index in [1.54, 1.807) is 0 Å². The van der Waals surface area contributed by atoms with Gasteiger partial charge in [0, 0.05) is 16.6 Å². The quantitative estimate of drug-likeness (QED) is 0.719. The van der Waals surface area contributed by atoms with E-state index in [0.717, 1.165) is 47.2 Å². The van der Waals surface area contributed by atoms with Gasteiger partial charge in [-0.2, -0.15) is 0 Å². The first-order valence-corrected chi connectivity index (χ1v) is 7.59. The smallest absolute Gasteiger partial charge is 0.138 e. The van der Waals surface area contributed by atoms with Crippen LogP contribution in [-0.4, -0.2) is 13.2 Å². The number of halogens is 2. The lowest BCUT2D eigenvalue weighted by Gasteiger charge is -2.14. The second-order valence-corrected chi connectivity index (χ2v) is 5.67. The molecule has 1 rings (SSSR count). The fourth-order valence-corrected chi connectivity index (χ4v) is 2.94. The van der Waals surface area contributed by atoms with Crippen molar-refractivity contribution in [3.63, 3.8) is 0 Å². The maximum atomic E-state index is 5.80. The van der Waals surface area contributed by atoms with E-state index in [1.807, 2.05) is 6.07 Å². The Labute approximate surface area is 120 Å². The van der Waals surface area contributed by atoms with Crippen LogP contribution in [0.3, 0.4) is 0 Å². The number of ether oxygens (including phenoxy) is 1. The zero-order chi connectivity index (χ0) is 12.7. The number of hydrogen-bond donors (Lipinski definition) is 1. The fourth-order valence-electron chi connectivity index (χ4n) is 1.51. The molecule has 0 spiro atoms. The summed E-state index contributed by atoms with van der Waals surface area (Å²) in [5, 5.41) is 3.40. The minimum atomic E-state index is 0.751. The molecule has 0 amide bonds. The SMILES string of the molecule is CCCNCc1cc(Br)cc(Br)c1OCCC. The van der Waals surface area contributed by atoms with E-state index in [1.165, 1.54) is 5.56 Å². The van der Waals surface area contributed by atoms with Gasteiger partial charge >= 0.3 is 0 Å². The van der Waals surface area contributed by atoms with Crippen LogP contribution in [-0.2, 0) is 6.54 Å². The van der Waals surface area contributed by atoms with Gasteiger partial charge in [0.2, 0.25) is 0 Å². The maximum absolute atomic E-state index is 5.80. The Bertz CT molecular complexity index is 356. The van der Waals surface area contributed by atoms with Crippen molar-refractivity contribution in [3.8, 4) is 5.75 Å². The zero-order valence-electron chi connectivity index (χ0n) is 10.4.